The van der Waals surface area contributed by atoms with Crippen LogP contribution in [0.3, 0.4) is 0 Å². The predicted molar refractivity (Wildman–Crippen MR) is 129 cm³/mol. The number of imide groups is 1. The monoisotopic (exact) mass is 518 g/mol. The van der Waals surface area contributed by atoms with Gasteiger partial charge in [0.2, 0.25) is 5.91 Å². The number of hydrogen-bond donors (Lipinski definition) is 2. The lowest BCUT2D eigenvalue weighted by Gasteiger charge is -2.18. The highest BCUT2D eigenvalue weighted by molar-refractivity contribution is 6.15. The fourth-order valence-electron chi connectivity index (χ4n) is 4.52. The number of nitriles is 1. The molecule has 1 aliphatic heterocycles. The summed E-state index contributed by atoms with van der Waals surface area (Å²) < 4.78 is 33.1. The van der Waals surface area contributed by atoms with E-state index < -0.39 is 35.5 Å². The lowest BCUT2D eigenvalue weighted by molar-refractivity contribution is -0.117. The summed E-state index contributed by atoms with van der Waals surface area (Å²) in [5, 5.41) is 28.4. The van der Waals surface area contributed by atoms with Crippen LogP contribution in [0.1, 0.15) is 16.7 Å². The summed E-state index contributed by atoms with van der Waals surface area (Å²) in [6.45, 7) is 0.303. The predicted octanol–water partition coefficient (Wildman–Crippen LogP) is 4.94. The minimum atomic E-state index is -1.79. The lowest BCUT2D eigenvalue weighted by atomic mass is 10.0. The molecule has 0 aliphatic carbocycles. The molecule has 0 atom stereocenters. The van der Waals surface area contributed by atoms with Gasteiger partial charge in [-0.25, -0.2) is 23.4 Å². The van der Waals surface area contributed by atoms with E-state index in [1.54, 1.807) is 18.2 Å². The average molecular weight is 518 g/mol. The van der Waals surface area contributed by atoms with Crippen LogP contribution >= 0.6 is 0 Å². The second-order valence-electron chi connectivity index (χ2n) is 8.41. The van der Waals surface area contributed by atoms with Crippen LogP contribution in [0, 0.1) is 23.0 Å². The maximum absolute atomic E-state index is 14.0. The van der Waals surface area contributed by atoms with Crippen molar-refractivity contribution in [3.63, 3.8) is 0 Å². The summed E-state index contributed by atoms with van der Waals surface area (Å²) in [6, 6.07) is 9.79. The highest BCUT2D eigenvalue weighted by Crippen LogP contribution is 2.40. The van der Waals surface area contributed by atoms with Gasteiger partial charge in [0.1, 0.15) is 23.3 Å². The van der Waals surface area contributed by atoms with Gasteiger partial charge in [-0.3, -0.25) is 4.79 Å². The number of benzene rings is 2. The molecule has 38 heavy (non-hydrogen) atoms. The number of hydrogen-bond acceptors (Lipinski definition) is 6. The minimum absolute atomic E-state index is 0.0151. The van der Waals surface area contributed by atoms with Crippen LogP contribution < -0.4 is 9.80 Å². The van der Waals surface area contributed by atoms with Crippen molar-refractivity contribution in [1.29, 1.82) is 5.26 Å². The molecule has 3 amide bonds. The van der Waals surface area contributed by atoms with Crippen LogP contribution in [-0.4, -0.2) is 39.8 Å². The third-order valence-electron chi connectivity index (χ3n) is 6.23. The third-order valence-corrected chi connectivity index (χ3v) is 6.23. The molecule has 10 nitrogen and oxygen atoms in total. The molecule has 190 valence electrons. The maximum atomic E-state index is 14.0. The van der Waals surface area contributed by atoms with E-state index >= 15 is 0 Å². The van der Waals surface area contributed by atoms with E-state index in [1.165, 1.54) is 11.2 Å². The van der Waals surface area contributed by atoms with Gasteiger partial charge in [0.25, 0.3) is 0 Å². The Morgan fingerprint density at radius 1 is 1.13 bits per heavy atom. The molecular formula is C26H16F2N4O6. The molecule has 12 heteroatoms. The van der Waals surface area contributed by atoms with Gasteiger partial charge in [0.05, 0.1) is 24.3 Å². The van der Waals surface area contributed by atoms with Crippen molar-refractivity contribution in [3.8, 4) is 17.2 Å². The number of pyridine rings is 1. The highest BCUT2D eigenvalue weighted by Gasteiger charge is 2.30. The SMILES string of the molecule is N#Cc1cnc(N(C(=O)O)C(=O)O)c2c(-c3ccc4c(c3)CCN4C(=O)Cc3cc(F)ccc3F)coc12. The zero-order valence-corrected chi connectivity index (χ0v) is 19.3. The fourth-order valence-corrected chi connectivity index (χ4v) is 4.52. The lowest BCUT2D eigenvalue weighted by Crippen LogP contribution is -2.35. The van der Waals surface area contributed by atoms with Crippen molar-refractivity contribution in [2.75, 3.05) is 16.3 Å². The first-order valence-electron chi connectivity index (χ1n) is 11.1. The molecule has 2 aromatic heterocycles. The fraction of sp³-hybridized carbons (Fsp3) is 0.115. The van der Waals surface area contributed by atoms with Crippen LogP contribution in [-0.2, 0) is 17.6 Å². The maximum Gasteiger partial charge on any atom is 0.422 e. The summed E-state index contributed by atoms with van der Waals surface area (Å²) in [5.41, 5.74) is 1.99. The molecule has 0 unspecified atom stereocenters. The van der Waals surface area contributed by atoms with Gasteiger partial charge in [-0.05, 0) is 47.9 Å². The number of nitrogens with zero attached hydrogens (tertiary/aromatic N) is 4. The van der Waals surface area contributed by atoms with Crippen molar-refractivity contribution in [3.05, 3.63) is 77.2 Å². The number of rotatable bonds is 4. The normalized spacial score (nSPS) is 12.3. The van der Waals surface area contributed by atoms with Gasteiger partial charge in [0, 0.05) is 23.4 Å². The topological polar surface area (TPSA) is 148 Å². The Morgan fingerprint density at radius 2 is 1.89 bits per heavy atom. The van der Waals surface area contributed by atoms with Crippen molar-refractivity contribution in [1.82, 2.24) is 4.98 Å². The smallest absolute Gasteiger partial charge is 0.422 e. The molecular weight excluding hydrogens is 502 g/mol. The van der Waals surface area contributed by atoms with Gasteiger partial charge in [-0.15, -0.1) is 0 Å². The summed E-state index contributed by atoms with van der Waals surface area (Å²) in [6.07, 6.45) is -1.17. The summed E-state index contributed by atoms with van der Waals surface area (Å²) in [4.78, 5) is 41.6. The molecule has 1 aliphatic rings. The van der Waals surface area contributed by atoms with Crippen LogP contribution in [0.4, 0.5) is 29.9 Å². The van der Waals surface area contributed by atoms with Crippen molar-refractivity contribution < 1.29 is 37.8 Å². The van der Waals surface area contributed by atoms with E-state index in [4.69, 9.17) is 4.42 Å². The van der Waals surface area contributed by atoms with Crippen molar-refractivity contribution in [2.45, 2.75) is 12.8 Å². The number of anilines is 2. The second kappa shape index (κ2) is 9.29. The quantitative estimate of drug-likeness (QED) is 0.386. The zero-order chi connectivity index (χ0) is 27.1. The number of halogens is 2. The van der Waals surface area contributed by atoms with E-state index in [0.717, 1.165) is 30.0 Å². The number of carbonyl (C=O) groups is 3. The average Bonchev–Trinajstić information content (AvgIpc) is 3.50. The largest absolute Gasteiger partial charge is 0.464 e. The molecule has 0 fully saturated rings. The first-order valence-corrected chi connectivity index (χ1v) is 11.1. The van der Waals surface area contributed by atoms with E-state index in [1.807, 2.05) is 6.07 Å². The molecule has 0 saturated carbocycles. The number of carboxylic acid groups (broad SMARTS) is 2. The van der Waals surface area contributed by atoms with Crippen LogP contribution in [0.25, 0.3) is 22.1 Å². The molecule has 2 aromatic carbocycles. The summed E-state index contributed by atoms with van der Waals surface area (Å²) >= 11 is 0. The Morgan fingerprint density at radius 3 is 2.61 bits per heavy atom. The van der Waals surface area contributed by atoms with Crippen molar-refractivity contribution >= 4 is 40.6 Å². The Balaban J connectivity index is 1.54. The standard InChI is InChI=1S/C26H16F2N4O6/c27-17-2-3-19(28)15(8-17)9-21(33)31-6-5-14-7-13(1-4-20(14)31)18-12-38-23-16(10-29)11-30-24(22(18)23)32(25(34)35)26(36)37/h1-4,7-8,11-12H,5-6,9H2,(H,34,35)(H,36,37). The Hall–Kier alpha value is -5.31. The molecule has 0 saturated heterocycles. The Kier molecular flexibility index (Phi) is 5.96. The van der Waals surface area contributed by atoms with Gasteiger partial charge in [0.15, 0.2) is 11.4 Å². The zero-order valence-electron chi connectivity index (χ0n) is 19.3. The summed E-state index contributed by atoms with van der Waals surface area (Å²) in [5.74, 6) is -2.19. The second-order valence-corrected chi connectivity index (χ2v) is 8.41. The Bertz CT molecular complexity index is 1680. The van der Waals surface area contributed by atoms with Gasteiger partial charge < -0.3 is 19.5 Å². The van der Waals surface area contributed by atoms with E-state index in [2.05, 4.69) is 4.98 Å². The number of amides is 3. The molecule has 4 aromatic rings. The molecule has 0 bridgehead atoms. The van der Waals surface area contributed by atoms with E-state index in [9.17, 15) is 38.6 Å². The summed E-state index contributed by atoms with van der Waals surface area (Å²) in [7, 11) is 0. The molecule has 3 heterocycles. The number of furan rings is 1. The minimum Gasteiger partial charge on any atom is -0.464 e. The molecule has 0 radical (unpaired) electrons. The molecule has 2 N–H and O–H groups in total. The van der Waals surface area contributed by atoms with Gasteiger partial charge in [-0.2, -0.15) is 10.2 Å². The number of fused-ring (bicyclic) bond motifs is 2. The molecule has 5 rings (SSSR count). The Labute approximate surface area is 212 Å². The van der Waals surface area contributed by atoms with Crippen molar-refractivity contribution in [2.24, 2.45) is 0 Å². The van der Waals surface area contributed by atoms with Crippen LogP contribution in [0.5, 0.6) is 0 Å². The number of aromatic nitrogens is 1. The first kappa shape index (κ1) is 24.4. The van der Waals surface area contributed by atoms with Crippen LogP contribution in [0.2, 0.25) is 0 Å². The van der Waals surface area contributed by atoms with E-state index in [-0.39, 0.29) is 33.4 Å². The molecule has 0 spiro atoms. The van der Waals surface area contributed by atoms with Gasteiger partial charge >= 0.3 is 12.2 Å². The number of carbonyl (C=O) groups excluding carboxylic acids is 1. The van der Waals surface area contributed by atoms with Gasteiger partial charge in [-0.1, -0.05) is 6.07 Å². The third kappa shape index (κ3) is 4.05. The van der Waals surface area contributed by atoms with Crippen LogP contribution in [0.15, 0.2) is 53.3 Å². The highest BCUT2D eigenvalue weighted by atomic mass is 19.1. The van der Waals surface area contributed by atoms with E-state index in [0.29, 0.717) is 29.8 Å². The first-order chi connectivity index (χ1) is 18.2.